The van der Waals surface area contributed by atoms with E-state index in [-0.39, 0.29) is 12.0 Å². The van der Waals surface area contributed by atoms with Gasteiger partial charge < -0.3 is 9.47 Å². The number of rotatable bonds is 4. The van der Waals surface area contributed by atoms with Gasteiger partial charge in [0.05, 0.1) is 17.6 Å². The van der Waals surface area contributed by atoms with Crippen LogP contribution >= 0.6 is 11.3 Å². The van der Waals surface area contributed by atoms with Crippen LogP contribution in [-0.4, -0.2) is 25.2 Å². The van der Waals surface area contributed by atoms with E-state index < -0.39 is 0 Å². The normalized spacial score (nSPS) is 17.0. The number of carbonyl (C=O) groups is 1. The van der Waals surface area contributed by atoms with Crippen molar-refractivity contribution in [2.45, 2.75) is 25.6 Å². The van der Waals surface area contributed by atoms with E-state index in [2.05, 4.69) is 5.43 Å². The van der Waals surface area contributed by atoms with Crippen LogP contribution in [0.15, 0.2) is 12.1 Å². The Balaban J connectivity index is 1.82. The summed E-state index contributed by atoms with van der Waals surface area (Å²) >= 11 is 1.41. The minimum atomic E-state index is -0.257. The molecule has 1 saturated heterocycles. The highest BCUT2D eigenvalue weighted by atomic mass is 32.1. The molecule has 0 saturated carbocycles. The summed E-state index contributed by atoms with van der Waals surface area (Å²) in [6.45, 7) is 2.10. The van der Waals surface area contributed by atoms with Gasteiger partial charge in [0, 0.05) is 18.1 Å². The summed E-state index contributed by atoms with van der Waals surface area (Å²) in [5.41, 5.74) is 2.11. The second kappa shape index (κ2) is 6.11. The predicted molar refractivity (Wildman–Crippen MR) is 64.6 cm³/mol. The van der Waals surface area contributed by atoms with Gasteiger partial charge in [-0.05, 0) is 25.0 Å². The molecule has 0 unspecified atom stereocenters. The minimum Gasteiger partial charge on any atom is -0.381 e. The van der Waals surface area contributed by atoms with E-state index in [1.54, 1.807) is 6.07 Å². The van der Waals surface area contributed by atoms with Gasteiger partial charge in [-0.15, -0.1) is 11.3 Å². The van der Waals surface area contributed by atoms with Gasteiger partial charge in [0.25, 0.3) is 5.91 Å². The molecule has 1 aliphatic rings. The zero-order chi connectivity index (χ0) is 12.1. The molecule has 1 aromatic rings. The van der Waals surface area contributed by atoms with E-state index in [4.69, 9.17) is 15.3 Å². The molecule has 0 bridgehead atoms. The third kappa shape index (κ3) is 3.50. The lowest BCUT2D eigenvalue weighted by molar-refractivity contribution is -0.0383. The molecule has 3 N–H and O–H groups in total. The minimum absolute atomic E-state index is 0.257. The lowest BCUT2D eigenvalue weighted by atomic mass is 10.1. The Bertz CT molecular complexity index is 375. The fourth-order valence-corrected chi connectivity index (χ4v) is 2.52. The first-order valence-corrected chi connectivity index (χ1v) is 6.40. The summed E-state index contributed by atoms with van der Waals surface area (Å²) in [5.74, 6) is 4.81. The maximum atomic E-state index is 11.2. The fourth-order valence-electron chi connectivity index (χ4n) is 1.69. The highest BCUT2D eigenvalue weighted by molar-refractivity contribution is 7.14. The monoisotopic (exact) mass is 256 g/mol. The van der Waals surface area contributed by atoms with Crippen LogP contribution in [0.4, 0.5) is 0 Å². The number of nitrogens with two attached hydrogens (primary N) is 1. The Kier molecular flexibility index (Phi) is 4.49. The van der Waals surface area contributed by atoms with Crippen molar-refractivity contribution in [1.82, 2.24) is 5.43 Å². The number of ether oxygens (including phenoxy) is 2. The molecule has 0 radical (unpaired) electrons. The lowest BCUT2D eigenvalue weighted by Gasteiger charge is -2.21. The number of hydrogen-bond donors (Lipinski definition) is 2. The molecule has 0 aromatic carbocycles. The van der Waals surface area contributed by atoms with Gasteiger partial charge in [-0.2, -0.15) is 0 Å². The molecular weight excluding hydrogens is 240 g/mol. The third-order valence-corrected chi connectivity index (χ3v) is 3.70. The molecule has 2 heterocycles. The Morgan fingerprint density at radius 2 is 2.29 bits per heavy atom. The number of hydrogen-bond acceptors (Lipinski definition) is 5. The average molecular weight is 256 g/mol. The van der Waals surface area contributed by atoms with Crippen molar-refractivity contribution in [3.63, 3.8) is 0 Å². The zero-order valence-electron chi connectivity index (χ0n) is 9.48. The van der Waals surface area contributed by atoms with Crippen molar-refractivity contribution in [2.24, 2.45) is 5.84 Å². The van der Waals surface area contributed by atoms with Crippen molar-refractivity contribution >= 4 is 17.2 Å². The Morgan fingerprint density at radius 1 is 1.53 bits per heavy atom. The second-order valence-electron chi connectivity index (χ2n) is 3.86. The van der Waals surface area contributed by atoms with E-state index >= 15 is 0 Å². The van der Waals surface area contributed by atoms with Crippen molar-refractivity contribution in [3.05, 3.63) is 21.9 Å². The number of hydrazine groups is 1. The van der Waals surface area contributed by atoms with Crippen molar-refractivity contribution in [2.75, 3.05) is 13.2 Å². The quantitative estimate of drug-likeness (QED) is 0.480. The molecule has 0 atom stereocenters. The van der Waals surface area contributed by atoms with Crippen LogP contribution in [0.25, 0.3) is 0 Å². The van der Waals surface area contributed by atoms with Crippen molar-refractivity contribution in [3.8, 4) is 0 Å². The number of nitrogens with one attached hydrogen (secondary N) is 1. The highest BCUT2D eigenvalue weighted by Crippen LogP contribution is 2.19. The third-order valence-electron chi connectivity index (χ3n) is 2.65. The van der Waals surface area contributed by atoms with Crippen LogP contribution < -0.4 is 11.3 Å². The molecule has 94 valence electrons. The molecule has 1 fully saturated rings. The van der Waals surface area contributed by atoms with Gasteiger partial charge in [0.1, 0.15) is 0 Å². The van der Waals surface area contributed by atoms with Crippen LogP contribution in [0, 0.1) is 0 Å². The predicted octanol–water partition coefficient (Wildman–Crippen LogP) is 1.05. The first kappa shape index (κ1) is 12.5. The molecular formula is C11H16N2O3S. The first-order chi connectivity index (χ1) is 8.29. The standard InChI is InChI=1S/C11H16N2O3S/c12-13-11(14)10-2-1-9(17-10)7-16-8-3-5-15-6-4-8/h1-2,8H,3-7,12H2,(H,13,14). The van der Waals surface area contributed by atoms with Crippen LogP contribution in [0.2, 0.25) is 0 Å². The Hall–Kier alpha value is -0.950. The molecule has 1 amide bonds. The zero-order valence-corrected chi connectivity index (χ0v) is 10.3. The summed E-state index contributed by atoms with van der Waals surface area (Å²) in [4.78, 5) is 12.9. The van der Waals surface area contributed by atoms with Gasteiger partial charge in [-0.1, -0.05) is 0 Å². The van der Waals surface area contributed by atoms with Gasteiger partial charge >= 0.3 is 0 Å². The molecule has 17 heavy (non-hydrogen) atoms. The first-order valence-electron chi connectivity index (χ1n) is 5.58. The number of carbonyl (C=O) groups excluding carboxylic acids is 1. The summed E-state index contributed by atoms with van der Waals surface area (Å²) in [7, 11) is 0. The molecule has 0 aliphatic carbocycles. The Labute approximate surface area is 104 Å². The summed E-state index contributed by atoms with van der Waals surface area (Å²) < 4.78 is 11.0. The van der Waals surface area contributed by atoms with E-state index in [0.29, 0.717) is 11.5 Å². The van der Waals surface area contributed by atoms with Gasteiger partial charge in [0.15, 0.2) is 0 Å². The summed E-state index contributed by atoms with van der Waals surface area (Å²) in [6, 6.07) is 3.66. The van der Waals surface area contributed by atoms with E-state index in [0.717, 1.165) is 30.9 Å². The lowest BCUT2D eigenvalue weighted by Crippen LogP contribution is -2.29. The molecule has 1 aromatic heterocycles. The fraction of sp³-hybridized carbons (Fsp3) is 0.545. The van der Waals surface area contributed by atoms with Crippen molar-refractivity contribution < 1.29 is 14.3 Å². The van der Waals surface area contributed by atoms with E-state index in [1.165, 1.54) is 11.3 Å². The molecule has 0 spiro atoms. The van der Waals surface area contributed by atoms with Gasteiger partial charge in [0.2, 0.25) is 0 Å². The molecule has 1 aliphatic heterocycles. The van der Waals surface area contributed by atoms with Gasteiger partial charge in [-0.3, -0.25) is 10.2 Å². The molecule has 5 nitrogen and oxygen atoms in total. The maximum absolute atomic E-state index is 11.2. The number of amides is 1. The Morgan fingerprint density at radius 3 is 3.00 bits per heavy atom. The molecule has 2 rings (SSSR count). The van der Waals surface area contributed by atoms with Crippen LogP contribution in [-0.2, 0) is 16.1 Å². The maximum Gasteiger partial charge on any atom is 0.275 e. The molecule has 6 heteroatoms. The van der Waals surface area contributed by atoms with Gasteiger partial charge in [-0.25, -0.2) is 5.84 Å². The highest BCUT2D eigenvalue weighted by Gasteiger charge is 2.15. The van der Waals surface area contributed by atoms with E-state index in [9.17, 15) is 4.79 Å². The number of nitrogen functional groups attached to an aromatic ring is 1. The number of thiophene rings is 1. The second-order valence-corrected chi connectivity index (χ2v) is 5.03. The average Bonchev–Trinajstić information content (AvgIpc) is 2.85. The van der Waals surface area contributed by atoms with Crippen LogP contribution in [0.3, 0.4) is 0 Å². The van der Waals surface area contributed by atoms with Crippen LogP contribution in [0.1, 0.15) is 27.4 Å². The summed E-state index contributed by atoms with van der Waals surface area (Å²) in [5, 5.41) is 0. The van der Waals surface area contributed by atoms with E-state index in [1.807, 2.05) is 6.07 Å². The van der Waals surface area contributed by atoms with Crippen LogP contribution in [0.5, 0.6) is 0 Å². The largest absolute Gasteiger partial charge is 0.381 e. The summed E-state index contributed by atoms with van der Waals surface area (Å²) in [6.07, 6.45) is 2.17. The smallest absolute Gasteiger partial charge is 0.275 e. The topological polar surface area (TPSA) is 73.6 Å². The SMILES string of the molecule is NNC(=O)c1ccc(COC2CCOCC2)s1. The van der Waals surface area contributed by atoms with Crippen molar-refractivity contribution in [1.29, 1.82) is 0 Å².